The summed E-state index contributed by atoms with van der Waals surface area (Å²) < 4.78 is 6.15. The van der Waals surface area contributed by atoms with Crippen LogP contribution in [0.5, 0.6) is 5.75 Å². The smallest absolute Gasteiger partial charge is 0.253 e. The summed E-state index contributed by atoms with van der Waals surface area (Å²) in [6, 6.07) is 13.4. The number of carbonyl (C=O) groups is 1. The van der Waals surface area contributed by atoms with Crippen LogP contribution in [0, 0.1) is 6.92 Å². The highest BCUT2D eigenvalue weighted by molar-refractivity contribution is 9.10. The van der Waals surface area contributed by atoms with Crippen LogP contribution in [0.4, 0.5) is 0 Å². The molecule has 0 N–H and O–H groups in total. The molecule has 0 unspecified atom stereocenters. The lowest BCUT2D eigenvalue weighted by molar-refractivity contribution is 0.0785. The van der Waals surface area contributed by atoms with Gasteiger partial charge in [-0.1, -0.05) is 34.1 Å². The van der Waals surface area contributed by atoms with Crippen LogP contribution in [-0.2, 0) is 6.54 Å². The third-order valence-corrected chi connectivity index (χ3v) is 4.17. The number of amides is 1. The standard InChI is InChI=1S/C17H18BrNO2/c1-12-7-8-14(10-16(12)18)17(20)19(2)11-13-5-4-6-15(9-13)21-3/h4-10H,11H2,1-3H3. The van der Waals surface area contributed by atoms with Gasteiger partial charge in [-0.05, 0) is 42.3 Å². The molecule has 0 spiro atoms. The number of hydrogen-bond donors (Lipinski definition) is 0. The third kappa shape index (κ3) is 3.85. The minimum Gasteiger partial charge on any atom is -0.497 e. The van der Waals surface area contributed by atoms with Gasteiger partial charge >= 0.3 is 0 Å². The van der Waals surface area contributed by atoms with E-state index in [9.17, 15) is 4.79 Å². The van der Waals surface area contributed by atoms with Crippen LogP contribution in [0.3, 0.4) is 0 Å². The summed E-state index contributed by atoms with van der Waals surface area (Å²) in [6.45, 7) is 2.54. The van der Waals surface area contributed by atoms with Crippen molar-refractivity contribution in [3.8, 4) is 5.75 Å². The number of methoxy groups -OCH3 is 1. The Bertz CT molecular complexity index is 655. The maximum absolute atomic E-state index is 12.4. The van der Waals surface area contributed by atoms with Gasteiger partial charge in [0.2, 0.25) is 0 Å². The molecule has 0 saturated heterocycles. The van der Waals surface area contributed by atoms with Crippen molar-refractivity contribution in [3.63, 3.8) is 0 Å². The fourth-order valence-electron chi connectivity index (χ4n) is 2.06. The lowest BCUT2D eigenvalue weighted by Crippen LogP contribution is -2.26. The minimum absolute atomic E-state index is 0.00137. The van der Waals surface area contributed by atoms with E-state index < -0.39 is 0 Å². The molecule has 2 aromatic rings. The molecule has 3 nitrogen and oxygen atoms in total. The molecule has 1 amide bonds. The van der Waals surface area contributed by atoms with Gasteiger partial charge in [0.15, 0.2) is 0 Å². The van der Waals surface area contributed by atoms with Crippen molar-refractivity contribution < 1.29 is 9.53 Å². The second-order valence-electron chi connectivity index (χ2n) is 4.98. The molecule has 21 heavy (non-hydrogen) atoms. The number of aryl methyl sites for hydroxylation is 1. The van der Waals surface area contributed by atoms with E-state index in [0.717, 1.165) is 21.3 Å². The molecule has 0 aliphatic rings. The molecule has 110 valence electrons. The highest BCUT2D eigenvalue weighted by Gasteiger charge is 2.13. The molecular formula is C17H18BrNO2. The summed E-state index contributed by atoms with van der Waals surface area (Å²) in [6.07, 6.45) is 0. The lowest BCUT2D eigenvalue weighted by Gasteiger charge is -2.18. The van der Waals surface area contributed by atoms with Gasteiger partial charge < -0.3 is 9.64 Å². The summed E-state index contributed by atoms with van der Waals surface area (Å²) in [7, 11) is 3.44. The highest BCUT2D eigenvalue weighted by Crippen LogP contribution is 2.19. The van der Waals surface area contributed by atoms with Gasteiger partial charge in [0.1, 0.15) is 5.75 Å². The molecule has 0 radical (unpaired) electrons. The molecule has 0 bridgehead atoms. The Morgan fingerprint density at radius 3 is 2.67 bits per heavy atom. The number of rotatable bonds is 4. The number of halogens is 1. The van der Waals surface area contributed by atoms with Gasteiger partial charge in [0.25, 0.3) is 5.91 Å². The normalized spacial score (nSPS) is 10.3. The Hall–Kier alpha value is -1.81. The van der Waals surface area contributed by atoms with Gasteiger partial charge in [0.05, 0.1) is 7.11 Å². The summed E-state index contributed by atoms with van der Waals surface area (Å²) in [4.78, 5) is 14.1. The van der Waals surface area contributed by atoms with Crippen molar-refractivity contribution in [1.29, 1.82) is 0 Å². The Kier molecular flexibility index (Phi) is 5.02. The van der Waals surface area contributed by atoms with Crippen LogP contribution in [0.25, 0.3) is 0 Å². The first-order valence-electron chi connectivity index (χ1n) is 6.66. The summed E-state index contributed by atoms with van der Waals surface area (Å²) in [5.74, 6) is 0.796. The number of nitrogens with zero attached hydrogens (tertiary/aromatic N) is 1. The molecule has 2 aromatic carbocycles. The molecular weight excluding hydrogens is 330 g/mol. The molecule has 0 aromatic heterocycles. The summed E-state index contributed by atoms with van der Waals surface area (Å²) in [5, 5.41) is 0. The van der Waals surface area contributed by atoms with E-state index in [1.165, 1.54) is 0 Å². The Morgan fingerprint density at radius 1 is 1.24 bits per heavy atom. The molecule has 2 rings (SSSR count). The van der Waals surface area contributed by atoms with Gasteiger partial charge in [-0.3, -0.25) is 4.79 Å². The van der Waals surface area contributed by atoms with E-state index in [0.29, 0.717) is 12.1 Å². The van der Waals surface area contributed by atoms with Crippen LogP contribution in [-0.4, -0.2) is 25.0 Å². The van der Waals surface area contributed by atoms with Crippen molar-refractivity contribution in [3.05, 3.63) is 63.6 Å². The fraction of sp³-hybridized carbons (Fsp3) is 0.235. The monoisotopic (exact) mass is 347 g/mol. The van der Waals surface area contributed by atoms with Gasteiger partial charge in [-0.25, -0.2) is 0 Å². The maximum atomic E-state index is 12.4. The van der Waals surface area contributed by atoms with E-state index in [-0.39, 0.29) is 5.91 Å². The summed E-state index contributed by atoms with van der Waals surface area (Å²) >= 11 is 3.46. The van der Waals surface area contributed by atoms with E-state index >= 15 is 0 Å². The van der Waals surface area contributed by atoms with E-state index in [2.05, 4.69) is 15.9 Å². The van der Waals surface area contributed by atoms with E-state index in [4.69, 9.17) is 4.74 Å². The fourth-order valence-corrected chi connectivity index (χ4v) is 2.44. The van der Waals surface area contributed by atoms with E-state index in [1.807, 2.05) is 49.4 Å². The molecule has 0 saturated carbocycles. The zero-order valence-electron chi connectivity index (χ0n) is 12.4. The quantitative estimate of drug-likeness (QED) is 0.835. The van der Waals surface area contributed by atoms with Crippen LogP contribution in [0.1, 0.15) is 21.5 Å². The molecule has 0 heterocycles. The first-order chi connectivity index (χ1) is 10.0. The van der Waals surface area contributed by atoms with Crippen LogP contribution >= 0.6 is 15.9 Å². The number of carbonyl (C=O) groups excluding carboxylic acids is 1. The molecule has 0 aliphatic heterocycles. The van der Waals surface area contributed by atoms with E-state index in [1.54, 1.807) is 19.1 Å². The zero-order chi connectivity index (χ0) is 15.4. The second kappa shape index (κ2) is 6.76. The second-order valence-corrected chi connectivity index (χ2v) is 5.83. The Morgan fingerprint density at radius 2 is 2.00 bits per heavy atom. The minimum atomic E-state index is -0.00137. The lowest BCUT2D eigenvalue weighted by atomic mass is 10.1. The first-order valence-corrected chi connectivity index (χ1v) is 7.45. The average Bonchev–Trinajstić information content (AvgIpc) is 2.49. The van der Waals surface area contributed by atoms with Gasteiger partial charge in [0, 0.05) is 23.6 Å². The van der Waals surface area contributed by atoms with Crippen LogP contribution < -0.4 is 4.74 Å². The Labute approximate surface area is 133 Å². The van der Waals surface area contributed by atoms with Crippen LogP contribution in [0.15, 0.2) is 46.9 Å². The topological polar surface area (TPSA) is 29.5 Å². The first kappa shape index (κ1) is 15.6. The summed E-state index contributed by atoms with van der Waals surface area (Å²) in [5.41, 5.74) is 2.83. The van der Waals surface area contributed by atoms with Gasteiger partial charge in [-0.2, -0.15) is 0 Å². The molecule has 4 heteroatoms. The molecule has 0 aliphatic carbocycles. The average molecular weight is 348 g/mol. The SMILES string of the molecule is COc1cccc(CN(C)C(=O)c2ccc(C)c(Br)c2)c1. The third-order valence-electron chi connectivity index (χ3n) is 3.32. The largest absolute Gasteiger partial charge is 0.497 e. The van der Waals surface area contributed by atoms with Crippen LogP contribution in [0.2, 0.25) is 0 Å². The van der Waals surface area contributed by atoms with Gasteiger partial charge in [-0.15, -0.1) is 0 Å². The predicted octanol–water partition coefficient (Wildman–Crippen LogP) is 4.04. The van der Waals surface area contributed by atoms with Crippen molar-refractivity contribution in [1.82, 2.24) is 4.90 Å². The highest BCUT2D eigenvalue weighted by atomic mass is 79.9. The maximum Gasteiger partial charge on any atom is 0.253 e. The zero-order valence-corrected chi connectivity index (χ0v) is 14.0. The Balaban J connectivity index is 2.13. The predicted molar refractivity (Wildman–Crippen MR) is 87.7 cm³/mol. The number of ether oxygens (including phenoxy) is 1. The number of benzene rings is 2. The number of hydrogen-bond acceptors (Lipinski definition) is 2. The molecule has 0 atom stereocenters. The van der Waals surface area contributed by atoms with Crippen molar-refractivity contribution in [2.24, 2.45) is 0 Å². The molecule has 0 fully saturated rings. The van der Waals surface area contributed by atoms with Crippen molar-refractivity contribution >= 4 is 21.8 Å². The van der Waals surface area contributed by atoms with Crippen molar-refractivity contribution in [2.45, 2.75) is 13.5 Å². The van der Waals surface area contributed by atoms with Crippen molar-refractivity contribution in [2.75, 3.05) is 14.2 Å².